The molecule has 0 saturated heterocycles. The van der Waals surface area contributed by atoms with Gasteiger partial charge < -0.3 is 15.4 Å². The van der Waals surface area contributed by atoms with Crippen LogP contribution in [0.4, 0.5) is 5.69 Å². The molecule has 128 valence electrons. The summed E-state index contributed by atoms with van der Waals surface area (Å²) in [7, 11) is 1.57. The number of carbonyl (C=O) groups excluding carboxylic acids is 2. The number of anilines is 1. The predicted octanol–water partition coefficient (Wildman–Crippen LogP) is 3.13. The molecule has 0 bridgehead atoms. The summed E-state index contributed by atoms with van der Waals surface area (Å²) in [6, 6.07) is 5.40. The molecule has 0 spiro atoms. The number of benzene rings is 1. The lowest BCUT2D eigenvalue weighted by atomic mass is 10.1. The molecule has 0 saturated carbocycles. The molecule has 1 aromatic rings. The van der Waals surface area contributed by atoms with E-state index in [1.54, 1.807) is 13.1 Å². The van der Waals surface area contributed by atoms with Gasteiger partial charge in [-0.15, -0.1) is 0 Å². The molecule has 0 aliphatic heterocycles. The van der Waals surface area contributed by atoms with E-state index in [9.17, 15) is 9.59 Å². The van der Waals surface area contributed by atoms with Gasteiger partial charge in [0.25, 0.3) is 5.91 Å². The summed E-state index contributed by atoms with van der Waals surface area (Å²) < 4.78 is 5.64. The van der Waals surface area contributed by atoms with Crippen molar-refractivity contribution in [2.75, 3.05) is 19.0 Å². The van der Waals surface area contributed by atoms with Gasteiger partial charge in [-0.25, -0.2) is 0 Å². The average Bonchev–Trinajstić information content (AvgIpc) is 2.46. The lowest BCUT2D eigenvalue weighted by Crippen LogP contribution is -2.23. The van der Waals surface area contributed by atoms with Crippen molar-refractivity contribution in [3.63, 3.8) is 0 Å². The first-order chi connectivity index (χ1) is 10.8. The Morgan fingerprint density at radius 3 is 2.52 bits per heavy atom. The number of aryl methyl sites for hydroxylation is 1. The fourth-order valence-electron chi connectivity index (χ4n) is 2.50. The lowest BCUT2D eigenvalue weighted by Gasteiger charge is -2.15. The fourth-order valence-corrected chi connectivity index (χ4v) is 2.50. The molecule has 5 nitrogen and oxygen atoms in total. The summed E-state index contributed by atoms with van der Waals surface area (Å²) in [6.07, 6.45) is 1.38. The minimum atomic E-state index is -0.208. The predicted molar refractivity (Wildman–Crippen MR) is 92.7 cm³/mol. The van der Waals surface area contributed by atoms with Crippen LogP contribution < -0.4 is 10.6 Å². The van der Waals surface area contributed by atoms with Crippen LogP contribution >= 0.6 is 0 Å². The topological polar surface area (TPSA) is 67.4 Å². The smallest absolute Gasteiger partial charge is 0.253 e. The number of amides is 2. The zero-order chi connectivity index (χ0) is 17.4. The molecule has 0 aliphatic rings. The van der Waals surface area contributed by atoms with E-state index in [1.165, 1.54) is 0 Å². The van der Waals surface area contributed by atoms with Crippen molar-refractivity contribution in [2.24, 2.45) is 5.92 Å². The Bertz CT molecular complexity index is 541. The highest BCUT2D eigenvalue weighted by molar-refractivity contribution is 6.04. The maximum atomic E-state index is 12.1. The van der Waals surface area contributed by atoms with Gasteiger partial charge in [-0.2, -0.15) is 0 Å². The van der Waals surface area contributed by atoms with E-state index >= 15 is 0 Å². The van der Waals surface area contributed by atoms with Crippen molar-refractivity contribution < 1.29 is 14.3 Å². The largest absolute Gasteiger partial charge is 0.378 e. The molecule has 1 aromatic carbocycles. The molecule has 1 unspecified atom stereocenters. The zero-order valence-electron chi connectivity index (χ0n) is 14.7. The van der Waals surface area contributed by atoms with Crippen LogP contribution in [0, 0.1) is 12.8 Å². The first kappa shape index (κ1) is 19.2. The van der Waals surface area contributed by atoms with Crippen molar-refractivity contribution in [1.29, 1.82) is 0 Å². The molecule has 0 aliphatic carbocycles. The van der Waals surface area contributed by atoms with Crippen LogP contribution in [0.3, 0.4) is 0 Å². The van der Waals surface area contributed by atoms with Crippen LogP contribution in [0.2, 0.25) is 0 Å². The van der Waals surface area contributed by atoms with Crippen LogP contribution in [0.1, 0.15) is 49.5 Å². The standard InChI is InChI=1S/C18H28N2O3/c1-12(2)11-14(4)23-10-9-16(21)20-15-8-6-7-13(3)17(15)18(22)19-5/h6-8,12,14H,9-11H2,1-5H3,(H,19,22)(H,20,21). The minimum Gasteiger partial charge on any atom is -0.378 e. The maximum absolute atomic E-state index is 12.1. The number of hydrogen-bond acceptors (Lipinski definition) is 3. The van der Waals surface area contributed by atoms with Gasteiger partial charge in [-0.1, -0.05) is 26.0 Å². The van der Waals surface area contributed by atoms with Crippen LogP contribution in [0.25, 0.3) is 0 Å². The number of nitrogens with one attached hydrogen (secondary N) is 2. The molecule has 5 heteroatoms. The first-order valence-electron chi connectivity index (χ1n) is 8.08. The molecule has 0 aromatic heterocycles. The Balaban J connectivity index is 2.58. The summed E-state index contributed by atoms with van der Waals surface area (Å²) in [4.78, 5) is 24.0. The minimum absolute atomic E-state index is 0.142. The van der Waals surface area contributed by atoms with Crippen LogP contribution in [0.15, 0.2) is 18.2 Å². The van der Waals surface area contributed by atoms with E-state index in [4.69, 9.17) is 4.74 Å². The molecular formula is C18H28N2O3. The highest BCUT2D eigenvalue weighted by atomic mass is 16.5. The second-order valence-corrected chi connectivity index (χ2v) is 6.19. The Kier molecular flexibility index (Phi) is 7.75. The Morgan fingerprint density at radius 2 is 1.91 bits per heavy atom. The van der Waals surface area contributed by atoms with E-state index in [0.717, 1.165) is 12.0 Å². The SMILES string of the molecule is CNC(=O)c1c(C)cccc1NC(=O)CCOC(C)CC(C)C. The molecule has 2 N–H and O–H groups in total. The quantitative estimate of drug-likeness (QED) is 0.773. The first-order valence-corrected chi connectivity index (χ1v) is 8.08. The van der Waals surface area contributed by atoms with Crippen molar-refractivity contribution >= 4 is 17.5 Å². The van der Waals surface area contributed by atoms with Gasteiger partial charge in [0, 0.05) is 7.05 Å². The average molecular weight is 320 g/mol. The lowest BCUT2D eigenvalue weighted by molar-refractivity contribution is -0.117. The van der Waals surface area contributed by atoms with E-state index in [-0.39, 0.29) is 24.3 Å². The summed E-state index contributed by atoms with van der Waals surface area (Å²) >= 11 is 0. The Labute approximate surface area is 138 Å². The number of hydrogen-bond donors (Lipinski definition) is 2. The Morgan fingerprint density at radius 1 is 1.22 bits per heavy atom. The van der Waals surface area contributed by atoms with Gasteiger partial charge in [-0.05, 0) is 37.8 Å². The van der Waals surface area contributed by atoms with E-state index < -0.39 is 0 Å². The third-order valence-corrected chi connectivity index (χ3v) is 3.54. The van der Waals surface area contributed by atoms with Crippen LogP contribution in [-0.2, 0) is 9.53 Å². The highest BCUT2D eigenvalue weighted by Crippen LogP contribution is 2.19. The van der Waals surface area contributed by atoms with E-state index in [1.807, 2.05) is 26.0 Å². The molecular weight excluding hydrogens is 292 g/mol. The molecule has 0 fully saturated rings. The van der Waals surface area contributed by atoms with Crippen molar-refractivity contribution in [2.45, 2.75) is 46.6 Å². The number of carbonyl (C=O) groups is 2. The summed E-state index contributed by atoms with van der Waals surface area (Å²) in [6.45, 7) is 8.52. The number of ether oxygens (including phenoxy) is 1. The molecule has 1 rings (SSSR count). The summed E-state index contributed by atoms with van der Waals surface area (Å²) in [5.74, 6) is 0.207. The zero-order valence-corrected chi connectivity index (χ0v) is 14.7. The van der Waals surface area contributed by atoms with Crippen LogP contribution in [0.5, 0.6) is 0 Å². The molecule has 1 atom stereocenters. The van der Waals surface area contributed by atoms with Gasteiger partial charge in [0.15, 0.2) is 0 Å². The van der Waals surface area contributed by atoms with Crippen molar-refractivity contribution in [3.05, 3.63) is 29.3 Å². The number of rotatable bonds is 8. The van der Waals surface area contributed by atoms with E-state index in [0.29, 0.717) is 23.8 Å². The second-order valence-electron chi connectivity index (χ2n) is 6.19. The summed E-state index contributed by atoms with van der Waals surface area (Å²) in [5.41, 5.74) is 1.85. The van der Waals surface area contributed by atoms with Gasteiger partial charge in [0.2, 0.25) is 5.91 Å². The van der Waals surface area contributed by atoms with Gasteiger partial charge in [0.05, 0.1) is 30.4 Å². The normalized spacial score (nSPS) is 12.1. The monoisotopic (exact) mass is 320 g/mol. The van der Waals surface area contributed by atoms with Gasteiger partial charge in [0.1, 0.15) is 0 Å². The molecule has 0 heterocycles. The molecule has 2 amide bonds. The van der Waals surface area contributed by atoms with Crippen molar-refractivity contribution in [1.82, 2.24) is 5.32 Å². The second kappa shape index (κ2) is 9.30. The van der Waals surface area contributed by atoms with Gasteiger partial charge in [-0.3, -0.25) is 9.59 Å². The Hall–Kier alpha value is -1.88. The van der Waals surface area contributed by atoms with Crippen molar-refractivity contribution in [3.8, 4) is 0 Å². The fraction of sp³-hybridized carbons (Fsp3) is 0.556. The molecule has 23 heavy (non-hydrogen) atoms. The third kappa shape index (κ3) is 6.40. The molecule has 0 radical (unpaired) electrons. The van der Waals surface area contributed by atoms with E-state index in [2.05, 4.69) is 24.5 Å². The third-order valence-electron chi connectivity index (χ3n) is 3.54. The highest BCUT2D eigenvalue weighted by Gasteiger charge is 2.15. The summed E-state index contributed by atoms with van der Waals surface area (Å²) in [5, 5.41) is 5.40. The van der Waals surface area contributed by atoms with Crippen LogP contribution in [-0.4, -0.2) is 31.6 Å². The maximum Gasteiger partial charge on any atom is 0.253 e. The van der Waals surface area contributed by atoms with Gasteiger partial charge >= 0.3 is 0 Å².